The Morgan fingerprint density at radius 1 is 1.62 bits per heavy atom. The minimum absolute atomic E-state index is 0.565. The summed E-state index contributed by atoms with van der Waals surface area (Å²) in [5, 5.41) is 4.20. The van der Waals surface area contributed by atoms with Crippen molar-refractivity contribution in [3.05, 3.63) is 15.6 Å². The molecule has 0 aliphatic carbocycles. The van der Waals surface area contributed by atoms with Crippen molar-refractivity contribution in [2.75, 3.05) is 5.73 Å². The molecule has 0 bridgehead atoms. The van der Waals surface area contributed by atoms with Crippen molar-refractivity contribution in [1.29, 1.82) is 0 Å². The maximum atomic E-state index is 5.80. The molecule has 0 radical (unpaired) electrons. The van der Waals surface area contributed by atoms with Crippen molar-refractivity contribution in [2.45, 2.75) is 13.3 Å². The van der Waals surface area contributed by atoms with Crippen LogP contribution in [-0.2, 0) is 6.42 Å². The Hall–Kier alpha value is -0.920. The van der Waals surface area contributed by atoms with Crippen molar-refractivity contribution >= 4 is 34.2 Å². The summed E-state index contributed by atoms with van der Waals surface area (Å²) < 4.78 is 2.46. The Balaban J connectivity index is 2.76. The molecule has 6 heteroatoms. The SMILES string of the molecule is CCc1nc2ncc(I)c(N)n2n1. The molecule has 2 aromatic heterocycles. The van der Waals surface area contributed by atoms with Crippen LogP contribution in [-0.4, -0.2) is 19.6 Å². The summed E-state index contributed by atoms with van der Waals surface area (Å²) in [7, 11) is 0. The fraction of sp³-hybridized carbons (Fsp3) is 0.286. The van der Waals surface area contributed by atoms with Gasteiger partial charge in [0.25, 0.3) is 5.78 Å². The number of hydrogen-bond acceptors (Lipinski definition) is 4. The molecule has 13 heavy (non-hydrogen) atoms. The van der Waals surface area contributed by atoms with Gasteiger partial charge in [-0.25, -0.2) is 4.98 Å². The van der Waals surface area contributed by atoms with Crippen molar-refractivity contribution < 1.29 is 0 Å². The molecule has 2 heterocycles. The first-order chi connectivity index (χ1) is 6.22. The van der Waals surface area contributed by atoms with E-state index < -0.39 is 0 Å². The second-order valence-corrected chi connectivity index (χ2v) is 3.75. The van der Waals surface area contributed by atoms with Crippen molar-refractivity contribution in [1.82, 2.24) is 19.6 Å². The van der Waals surface area contributed by atoms with Gasteiger partial charge in [-0.15, -0.1) is 5.10 Å². The Kier molecular flexibility index (Phi) is 2.06. The van der Waals surface area contributed by atoms with Crippen LogP contribution in [0.2, 0.25) is 0 Å². The number of fused-ring (bicyclic) bond motifs is 1. The standard InChI is InChI=1S/C7H8IN5/c1-2-5-11-7-10-3-4(8)6(9)13(7)12-5/h3H,2,9H2,1H3. The molecule has 0 saturated carbocycles. The highest BCUT2D eigenvalue weighted by molar-refractivity contribution is 14.1. The first kappa shape index (κ1) is 8.67. The lowest BCUT2D eigenvalue weighted by Gasteiger charge is -1.97. The molecule has 68 valence electrons. The molecule has 2 N–H and O–H groups in total. The maximum absolute atomic E-state index is 5.80. The van der Waals surface area contributed by atoms with Crippen LogP contribution in [0.1, 0.15) is 12.7 Å². The van der Waals surface area contributed by atoms with E-state index in [0.29, 0.717) is 11.6 Å². The molecule has 0 aromatic carbocycles. The van der Waals surface area contributed by atoms with Gasteiger partial charge in [-0.1, -0.05) is 6.92 Å². The molecule has 0 fully saturated rings. The highest BCUT2D eigenvalue weighted by Crippen LogP contribution is 2.13. The van der Waals surface area contributed by atoms with Gasteiger partial charge in [0.05, 0.1) is 3.57 Å². The minimum atomic E-state index is 0.565. The lowest BCUT2D eigenvalue weighted by molar-refractivity contribution is 0.885. The summed E-state index contributed by atoms with van der Waals surface area (Å²) in [4.78, 5) is 8.30. The quantitative estimate of drug-likeness (QED) is 0.791. The molecule has 0 aliphatic heterocycles. The Labute approximate surface area is 88.5 Å². The first-order valence-corrected chi connectivity index (χ1v) is 4.96. The fourth-order valence-corrected chi connectivity index (χ4v) is 1.39. The fourth-order valence-electron chi connectivity index (χ4n) is 1.02. The predicted molar refractivity (Wildman–Crippen MR) is 57.3 cm³/mol. The molecular weight excluding hydrogens is 281 g/mol. The van der Waals surface area contributed by atoms with E-state index in [4.69, 9.17) is 5.73 Å². The van der Waals surface area contributed by atoms with Crippen LogP contribution >= 0.6 is 22.6 Å². The number of rotatable bonds is 1. The third-order valence-corrected chi connectivity index (χ3v) is 2.55. The topological polar surface area (TPSA) is 69.1 Å². The van der Waals surface area contributed by atoms with Gasteiger partial charge < -0.3 is 5.73 Å². The van der Waals surface area contributed by atoms with E-state index >= 15 is 0 Å². The smallest absolute Gasteiger partial charge is 0.254 e. The highest BCUT2D eigenvalue weighted by Gasteiger charge is 2.07. The van der Waals surface area contributed by atoms with E-state index in [9.17, 15) is 0 Å². The zero-order valence-corrected chi connectivity index (χ0v) is 9.19. The molecule has 0 saturated heterocycles. The third-order valence-electron chi connectivity index (χ3n) is 1.72. The van der Waals surface area contributed by atoms with E-state index in [2.05, 4.69) is 37.7 Å². The average molecular weight is 289 g/mol. The number of anilines is 1. The van der Waals surface area contributed by atoms with Gasteiger partial charge in [-0.2, -0.15) is 9.50 Å². The van der Waals surface area contributed by atoms with Gasteiger partial charge in [0.1, 0.15) is 5.82 Å². The van der Waals surface area contributed by atoms with Crippen LogP contribution in [0.15, 0.2) is 6.20 Å². The molecule has 0 unspecified atom stereocenters. The molecule has 2 aromatic rings. The molecular formula is C7H8IN5. The largest absolute Gasteiger partial charge is 0.383 e. The van der Waals surface area contributed by atoms with Gasteiger partial charge in [-0.3, -0.25) is 0 Å². The number of hydrogen-bond donors (Lipinski definition) is 1. The first-order valence-electron chi connectivity index (χ1n) is 3.88. The molecule has 2 rings (SSSR count). The number of nitrogens with two attached hydrogens (primary N) is 1. The van der Waals surface area contributed by atoms with Crippen LogP contribution in [0, 0.1) is 3.57 Å². The van der Waals surface area contributed by atoms with E-state index in [-0.39, 0.29) is 0 Å². The molecule has 0 atom stereocenters. The Bertz CT molecular complexity index is 449. The third kappa shape index (κ3) is 1.34. The number of halogens is 1. The van der Waals surface area contributed by atoms with Crippen molar-refractivity contribution in [3.8, 4) is 0 Å². The van der Waals surface area contributed by atoms with E-state index in [1.807, 2.05) is 6.92 Å². The maximum Gasteiger partial charge on any atom is 0.254 e. The lowest BCUT2D eigenvalue weighted by Crippen LogP contribution is -2.02. The zero-order valence-electron chi connectivity index (χ0n) is 7.03. The van der Waals surface area contributed by atoms with Crippen LogP contribution in [0.4, 0.5) is 5.82 Å². The van der Waals surface area contributed by atoms with E-state index in [1.165, 1.54) is 0 Å². The number of aromatic nitrogens is 4. The lowest BCUT2D eigenvalue weighted by atomic mass is 10.5. The van der Waals surface area contributed by atoms with Gasteiger partial charge in [0.15, 0.2) is 5.82 Å². The van der Waals surface area contributed by atoms with Crippen LogP contribution in [0.5, 0.6) is 0 Å². The summed E-state index contributed by atoms with van der Waals surface area (Å²) in [6.45, 7) is 2.00. The summed E-state index contributed by atoms with van der Waals surface area (Å²) in [5.41, 5.74) is 5.80. The molecule has 0 aliphatic rings. The number of nitrogens with zero attached hydrogens (tertiary/aromatic N) is 4. The minimum Gasteiger partial charge on any atom is -0.383 e. The highest BCUT2D eigenvalue weighted by atomic mass is 127. The summed E-state index contributed by atoms with van der Waals surface area (Å²) in [5.74, 6) is 1.92. The molecule has 5 nitrogen and oxygen atoms in total. The van der Waals surface area contributed by atoms with Gasteiger partial charge in [-0.05, 0) is 22.6 Å². The summed E-state index contributed by atoms with van der Waals surface area (Å²) >= 11 is 2.12. The van der Waals surface area contributed by atoms with Crippen molar-refractivity contribution in [3.63, 3.8) is 0 Å². The summed E-state index contributed by atoms with van der Waals surface area (Å²) in [6, 6.07) is 0. The Morgan fingerprint density at radius 3 is 3.08 bits per heavy atom. The monoisotopic (exact) mass is 289 g/mol. The van der Waals surface area contributed by atoms with E-state index in [1.54, 1.807) is 10.7 Å². The van der Waals surface area contributed by atoms with Crippen LogP contribution in [0.3, 0.4) is 0 Å². The second-order valence-electron chi connectivity index (χ2n) is 2.58. The van der Waals surface area contributed by atoms with Gasteiger partial charge >= 0.3 is 0 Å². The van der Waals surface area contributed by atoms with E-state index in [0.717, 1.165) is 15.8 Å². The predicted octanol–water partition coefficient (Wildman–Crippen LogP) is 0.873. The zero-order chi connectivity index (χ0) is 9.42. The molecule has 0 amide bonds. The average Bonchev–Trinajstić information content (AvgIpc) is 2.55. The summed E-state index contributed by atoms with van der Waals surface area (Å²) in [6.07, 6.45) is 2.48. The van der Waals surface area contributed by atoms with Crippen LogP contribution in [0.25, 0.3) is 5.78 Å². The number of nitrogen functional groups attached to an aromatic ring is 1. The van der Waals surface area contributed by atoms with Gasteiger partial charge in [0.2, 0.25) is 0 Å². The normalized spacial score (nSPS) is 10.9. The molecule has 0 spiro atoms. The number of aryl methyl sites for hydroxylation is 1. The van der Waals surface area contributed by atoms with Gasteiger partial charge in [0, 0.05) is 12.6 Å². The Morgan fingerprint density at radius 2 is 2.38 bits per heavy atom. The second kappa shape index (κ2) is 3.09. The van der Waals surface area contributed by atoms with Crippen molar-refractivity contribution in [2.24, 2.45) is 0 Å². The van der Waals surface area contributed by atoms with Crippen LogP contribution < -0.4 is 5.73 Å².